The van der Waals surface area contributed by atoms with Crippen LogP contribution in [0.2, 0.25) is 0 Å². The number of allylic oxidation sites excluding steroid dienone is 2. The summed E-state index contributed by atoms with van der Waals surface area (Å²) in [6.45, 7) is 4.75. The molecule has 0 atom stereocenters. The molecule has 51 heavy (non-hydrogen) atoms. The number of fused-ring (bicyclic) bond motifs is 7. The zero-order valence-corrected chi connectivity index (χ0v) is 28.8. The molecule has 0 saturated carbocycles. The molecule has 10 rings (SSSR count). The van der Waals surface area contributed by atoms with Gasteiger partial charge in [-0.1, -0.05) is 190 Å². The summed E-state index contributed by atoms with van der Waals surface area (Å²) < 4.78 is 0. The van der Waals surface area contributed by atoms with Gasteiger partial charge in [0.05, 0.1) is 0 Å². The van der Waals surface area contributed by atoms with Crippen LogP contribution in [0.5, 0.6) is 0 Å². The molecule has 240 valence electrons. The van der Waals surface area contributed by atoms with Gasteiger partial charge in [0, 0.05) is 5.41 Å². The fourth-order valence-electron chi connectivity index (χ4n) is 8.76. The Bertz CT molecular complexity index is 2720. The molecular weight excluding hydrogens is 613 g/mol. The first kappa shape index (κ1) is 29.7. The molecule has 0 bridgehead atoms. The zero-order chi connectivity index (χ0) is 34.1. The summed E-state index contributed by atoms with van der Waals surface area (Å²) in [6.07, 6.45) is 8.61. The molecule has 0 amide bonds. The van der Waals surface area contributed by atoms with Crippen LogP contribution >= 0.6 is 0 Å². The molecule has 0 saturated heterocycles. The average molecular weight is 649 g/mol. The Kier molecular flexibility index (Phi) is 6.63. The summed E-state index contributed by atoms with van der Waals surface area (Å²) in [7, 11) is 0. The molecule has 0 fully saturated rings. The second-order valence-electron chi connectivity index (χ2n) is 14.5. The first-order valence-corrected chi connectivity index (χ1v) is 17.9. The minimum absolute atomic E-state index is 0.109. The van der Waals surface area contributed by atoms with E-state index >= 15 is 0 Å². The lowest BCUT2D eigenvalue weighted by atomic mass is 9.81. The lowest BCUT2D eigenvalue weighted by molar-refractivity contribution is 0.660. The summed E-state index contributed by atoms with van der Waals surface area (Å²) in [5.74, 6) is 0. The van der Waals surface area contributed by atoms with E-state index < -0.39 is 0 Å². The molecule has 8 aromatic rings. The van der Waals surface area contributed by atoms with E-state index in [9.17, 15) is 0 Å². The predicted molar refractivity (Wildman–Crippen MR) is 219 cm³/mol. The van der Waals surface area contributed by atoms with E-state index in [-0.39, 0.29) is 5.41 Å². The van der Waals surface area contributed by atoms with Crippen LogP contribution in [-0.2, 0) is 5.41 Å². The van der Waals surface area contributed by atoms with Crippen LogP contribution in [0.3, 0.4) is 0 Å². The topological polar surface area (TPSA) is 0 Å². The minimum Gasteiger partial charge on any atom is -0.0622 e. The van der Waals surface area contributed by atoms with Crippen LogP contribution < -0.4 is 0 Å². The Hall–Kier alpha value is -6.24. The van der Waals surface area contributed by atoms with Crippen LogP contribution in [0.4, 0.5) is 0 Å². The van der Waals surface area contributed by atoms with Gasteiger partial charge in [-0.3, -0.25) is 0 Å². The van der Waals surface area contributed by atoms with Gasteiger partial charge in [0.15, 0.2) is 0 Å². The third-order valence-corrected chi connectivity index (χ3v) is 11.3. The highest BCUT2D eigenvalue weighted by Gasteiger charge is 2.35. The van der Waals surface area contributed by atoms with Crippen molar-refractivity contribution in [2.24, 2.45) is 0 Å². The van der Waals surface area contributed by atoms with Crippen molar-refractivity contribution in [1.82, 2.24) is 0 Å². The van der Waals surface area contributed by atoms with Crippen molar-refractivity contribution in [1.29, 1.82) is 0 Å². The van der Waals surface area contributed by atoms with Gasteiger partial charge >= 0.3 is 0 Å². The SMILES string of the molecule is CC1(C)c2cc(/C=C/C=C\c3ccccc3)ccc2-c2ccc(-c3cccc4c(-c5ccc6c7c(cccc57)-c5ccccc5-6)cccc34)cc21. The molecule has 0 heteroatoms. The van der Waals surface area contributed by atoms with Crippen LogP contribution in [0.25, 0.3) is 89.3 Å². The summed E-state index contributed by atoms with van der Waals surface area (Å²) >= 11 is 0. The summed E-state index contributed by atoms with van der Waals surface area (Å²) in [5, 5.41) is 5.25. The Morgan fingerprint density at radius 2 is 0.863 bits per heavy atom. The maximum absolute atomic E-state index is 2.45. The highest BCUT2D eigenvalue weighted by Crippen LogP contribution is 2.52. The Balaban J connectivity index is 1.03. The summed E-state index contributed by atoms with van der Waals surface area (Å²) in [4.78, 5) is 0. The van der Waals surface area contributed by atoms with E-state index in [1.54, 1.807) is 0 Å². The van der Waals surface area contributed by atoms with Gasteiger partial charge in [-0.2, -0.15) is 0 Å². The number of hydrogen-bond acceptors (Lipinski definition) is 0. The van der Waals surface area contributed by atoms with Crippen LogP contribution in [0.15, 0.2) is 170 Å². The predicted octanol–water partition coefficient (Wildman–Crippen LogP) is 14.0. The van der Waals surface area contributed by atoms with Gasteiger partial charge < -0.3 is 0 Å². The van der Waals surface area contributed by atoms with E-state index in [4.69, 9.17) is 0 Å². The molecule has 2 aliphatic rings. The standard InChI is InChI=1S/C51H36/c1-51(2)48-31-34(16-7-6-15-33-13-4-3-5-14-33)25-27-43(48)44-28-26-35(32-49(44)51)36-19-10-21-38-37(36)20-11-22-39(38)42-29-30-47-41-18-9-8-17-40(41)45-23-12-24-46(42)50(45)47/h3-32H,1-2H3/b15-6-,16-7+. The van der Waals surface area contributed by atoms with Crippen molar-refractivity contribution in [3.05, 3.63) is 192 Å². The second kappa shape index (κ2) is 11.4. The zero-order valence-electron chi connectivity index (χ0n) is 28.8. The van der Waals surface area contributed by atoms with E-state index in [0.29, 0.717) is 0 Å². The van der Waals surface area contributed by atoms with Crippen molar-refractivity contribution in [3.8, 4) is 55.6 Å². The number of benzene rings is 8. The molecule has 8 aromatic carbocycles. The van der Waals surface area contributed by atoms with Gasteiger partial charge in [0.1, 0.15) is 0 Å². The second-order valence-corrected chi connectivity index (χ2v) is 14.5. The van der Waals surface area contributed by atoms with Crippen molar-refractivity contribution in [3.63, 3.8) is 0 Å². The molecule has 0 heterocycles. The average Bonchev–Trinajstić information content (AvgIpc) is 3.62. The third-order valence-electron chi connectivity index (χ3n) is 11.3. The largest absolute Gasteiger partial charge is 0.0622 e. The van der Waals surface area contributed by atoms with E-state index in [0.717, 1.165) is 0 Å². The Morgan fingerprint density at radius 1 is 0.353 bits per heavy atom. The molecule has 0 radical (unpaired) electrons. The van der Waals surface area contributed by atoms with E-state index in [1.165, 1.54) is 99.4 Å². The minimum atomic E-state index is -0.109. The van der Waals surface area contributed by atoms with E-state index in [1.807, 2.05) is 6.07 Å². The van der Waals surface area contributed by atoms with Gasteiger partial charge in [-0.25, -0.2) is 0 Å². The van der Waals surface area contributed by atoms with Crippen LogP contribution in [0.1, 0.15) is 36.1 Å². The van der Waals surface area contributed by atoms with Gasteiger partial charge in [-0.15, -0.1) is 0 Å². The molecule has 0 N–H and O–H groups in total. The fourth-order valence-corrected chi connectivity index (χ4v) is 8.76. The summed E-state index contributed by atoms with van der Waals surface area (Å²) in [6, 6.07) is 58.4. The highest BCUT2D eigenvalue weighted by molar-refractivity contribution is 6.20. The molecule has 0 aromatic heterocycles. The summed E-state index contributed by atoms with van der Waals surface area (Å²) in [5.41, 5.74) is 18.2. The number of hydrogen-bond donors (Lipinski definition) is 0. The van der Waals surface area contributed by atoms with Gasteiger partial charge in [0.25, 0.3) is 0 Å². The van der Waals surface area contributed by atoms with Crippen molar-refractivity contribution in [2.75, 3.05) is 0 Å². The smallest absolute Gasteiger partial charge is 0.0159 e. The van der Waals surface area contributed by atoms with E-state index in [2.05, 4.69) is 190 Å². The van der Waals surface area contributed by atoms with Crippen molar-refractivity contribution in [2.45, 2.75) is 19.3 Å². The fraction of sp³-hybridized carbons (Fsp3) is 0.0588. The Morgan fingerprint density at radius 3 is 1.63 bits per heavy atom. The van der Waals surface area contributed by atoms with Crippen molar-refractivity contribution < 1.29 is 0 Å². The molecule has 2 aliphatic carbocycles. The Labute approximate surface area is 299 Å². The highest BCUT2D eigenvalue weighted by atomic mass is 14.4. The lowest BCUT2D eigenvalue weighted by Crippen LogP contribution is -2.15. The van der Waals surface area contributed by atoms with Gasteiger partial charge in [0.2, 0.25) is 0 Å². The molecule has 0 spiro atoms. The number of rotatable bonds is 5. The molecular formula is C51H36. The monoisotopic (exact) mass is 648 g/mol. The quantitative estimate of drug-likeness (QED) is 0.163. The molecule has 0 aliphatic heterocycles. The lowest BCUT2D eigenvalue weighted by Gasteiger charge is -2.22. The molecule has 0 nitrogen and oxygen atoms in total. The normalized spacial score (nSPS) is 13.7. The molecule has 0 unspecified atom stereocenters. The first-order valence-electron chi connectivity index (χ1n) is 17.9. The van der Waals surface area contributed by atoms with Gasteiger partial charge in [-0.05, 0) is 105 Å². The van der Waals surface area contributed by atoms with Crippen molar-refractivity contribution >= 4 is 33.7 Å². The first-order chi connectivity index (χ1) is 25.1. The van der Waals surface area contributed by atoms with Crippen LogP contribution in [0, 0.1) is 0 Å². The third kappa shape index (κ3) is 4.60. The van der Waals surface area contributed by atoms with Crippen LogP contribution in [-0.4, -0.2) is 0 Å². The maximum atomic E-state index is 2.45. The maximum Gasteiger partial charge on any atom is 0.0159 e.